The van der Waals surface area contributed by atoms with Crippen LogP contribution in [0.4, 0.5) is 5.69 Å². The predicted molar refractivity (Wildman–Crippen MR) is 123 cm³/mol. The van der Waals surface area contributed by atoms with Gasteiger partial charge in [0.2, 0.25) is 11.8 Å². The Bertz CT molecular complexity index is 1120. The zero-order valence-electron chi connectivity index (χ0n) is 17.1. The molecule has 3 amide bonds. The summed E-state index contributed by atoms with van der Waals surface area (Å²) in [6, 6.07) is 12.8. The van der Waals surface area contributed by atoms with Crippen molar-refractivity contribution in [1.82, 2.24) is 20.4 Å². The Morgan fingerprint density at radius 3 is 2.62 bits per heavy atom. The molecule has 0 spiro atoms. The van der Waals surface area contributed by atoms with Crippen molar-refractivity contribution >= 4 is 46.6 Å². The molecular weight excluding hydrogens is 453 g/mol. The quantitative estimate of drug-likeness (QED) is 0.466. The molecule has 1 aromatic heterocycles. The van der Waals surface area contributed by atoms with Gasteiger partial charge in [0.15, 0.2) is 0 Å². The van der Waals surface area contributed by atoms with Crippen molar-refractivity contribution in [3.63, 3.8) is 0 Å². The van der Waals surface area contributed by atoms with E-state index in [1.165, 1.54) is 10.7 Å². The first kappa shape index (κ1) is 23.3. The van der Waals surface area contributed by atoms with Crippen LogP contribution in [-0.4, -0.2) is 33.5 Å². The van der Waals surface area contributed by atoms with Gasteiger partial charge in [0.25, 0.3) is 5.91 Å². The zero-order valence-corrected chi connectivity index (χ0v) is 18.7. The molecule has 0 aliphatic carbocycles. The highest BCUT2D eigenvalue weighted by Gasteiger charge is 2.19. The van der Waals surface area contributed by atoms with E-state index in [0.29, 0.717) is 5.69 Å². The largest absolute Gasteiger partial charge is 0.350 e. The summed E-state index contributed by atoms with van der Waals surface area (Å²) in [6.45, 7) is 1.89. The molecule has 2 aromatic carbocycles. The monoisotopic (exact) mass is 473 g/mol. The Labute approximate surface area is 194 Å². The van der Waals surface area contributed by atoms with Crippen molar-refractivity contribution < 1.29 is 14.4 Å². The summed E-state index contributed by atoms with van der Waals surface area (Å²) in [5.74, 6) is -1.09. The Kier molecular flexibility index (Phi) is 7.86. The van der Waals surface area contributed by atoms with E-state index < -0.39 is 11.9 Å². The maximum absolute atomic E-state index is 12.4. The van der Waals surface area contributed by atoms with Crippen LogP contribution in [0.5, 0.6) is 0 Å². The van der Waals surface area contributed by atoms with Gasteiger partial charge in [-0.3, -0.25) is 19.1 Å². The smallest absolute Gasteiger partial charge is 0.253 e. The molecule has 0 aliphatic heterocycles. The molecule has 3 N–H and O–H groups in total. The van der Waals surface area contributed by atoms with E-state index in [2.05, 4.69) is 21.0 Å². The fourth-order valence-corrected chi connectivity index (χ4v) is 3.25. The fraction of sp³-hybridized carbons (Fsp3) is 0.182. The second-order valence-electron chi connectivity index (χ2n) is 6.97. The Hall–Kier alpha value is -3.36. The maximum atomic E-state index is 12.4. The molecule has 1 atom stereocenters. The van der Waals surface area contributed by atoms with E-state index in [9.17, 15) is 14.4 Å². The second kappa shape index (κ2) is 10.8. The van der Waals surface area contributed by atoms with Gasteiger partial charge < -0.3 is 16.0 Å². The molecule has 32 heavy (non-hydrogen) atoms. The van der Waals surface area contributed by atoms with E-state index >= 15 is 0 Å². The number of halogens is 2. The zero-order chi connectivity index (χ0) is 23.1. The lowest BCUT2D eigenvalue weighted by molar-refractivity contribution is -0.122. The van der Waals surface area contributed by atoms with Crippen molar-refractivity contribution in [2.45, 2.75) is 26.1 Å². The highest BCUT2D eigenvalue weighted by atomic mass is 35.5. The number of rotatable bonds is 8. The minimum absolute atomic E-state index is 0.0990. The van der Waals surface area contributed by atoms with Crippen molar-refractivity contribution in [2.24, 2.45) is 0 Å². The van der Waals surface area contributed by atoms with Crippen LogP contribution in [0.1, 0.15) is 22.8 Å². The van der Waals surface area contributed by atoms with Gasteiger partial charge in [-0.2, -0.15) is 5.10 Å². The highest BCUT2D eigenvalue weighted by molar-refractivity contribution is 6.43. The van der Waals surface area contributed by atoms with Gasteiger partial charge >= 0.3 is 0 Å². The summed E-state index contributed by atoms with van der Waals surface area (Å²) in [5, 5.41) is 12.5. The first-order chi connectivity index (χ1) is 15.3. The van der Waals surface area contributed by atoms with Gasteiger partial charge in [-0.05, 0) is 42.8 Å². The predicted octanol–water partition coefficient (Wildman–Crippen LogP) is 3.26. The number of anilines is 1. The number of nitrogens with one attached hydrogen (secondary N) is 3. The van der Waals surface area contributed by atoms with E-state index in [1.54, 1.807) is 55.7 Å². The van der Waals surface area contributed by atoms with Crippen LogP contribution in [0.15, 0.2) is 60.9 Å². The van der Waals surface area contributed by atoms with E-state index in [0.717, 1.165) is 5.56 Å². The number of benzene rings is 2. The maximum Gasteiger partial charge on any atom is 0.253 e. The molecule has 166 valence electrons. The molecular formula is C22H21Cl2N5O3. The van der Waals surface area contributed by atoms with Gasteiger partial charge in [-0.15, -0.1) is 0 Å². The second-order valence-corrected chi connectivity index (χ2v) is 7.75. The highest BCUT2D eigenvalue weighted by Crippen LogP contribution is 2.25. The summed E-state index contributed by atoms with van der Waals surface area (Å²) in [7, 11) is 0. The van der Waals surface area contributed by atoms with Gasteiger partial charge in [-0.25, -0.2) is 0 Å². The van der Waals surface area contributed by atoms with Crippen LogP contribution in [0.2, 0.25) is 10.0 Å². The fourth-order valence-electron chi connectivity index (χ4n) is 2.86. The topological polar surface area (TPSA) is 105 Å². The van der Waals surface area contributed by atoms with Crippen LogP contribution in [0, 0.1) is 0 Å². The van der Waals surface area contributed by atoms with Crippen LogP contribution < -0.4 is 16.0 Å². The number of carbonyl (C=O) groups is 3. The number of hydrogen-bond donors (Lipinski definition) is 3. The van der Waals surface area contributed by atoms with Gasteiger partial charge in [0.05, 0.1) is 15.6 Å². The molecule has 0 aliphatic rings. The number of nitrogens with zero attached hydrogens (tertiary/aromatic N) is 2. The molecule has 0 bridgehead atoms. The van der Waals surface area contributed by atoms with Crippen LogP contribution in [0.3, 0.4) is 0 Å². The Morgan fingerprint density at radius 1 is 1.09 bits per heavy atom. The van der Waals surface area contributed by atoms with E-state index in [4.69, 9.17) is 23.2 Å². The third kappa shape index (κ3) is 6.32. The van der Waals surface area contributed by atoms with Crippen LogP contribution >= 0.6 is 23.2 Å². The molecule has 0 radical (unpaired) electrons. The number of aromatic nitrogens is 2. The molecule has 1 heterocycles. The minimum atomic E-state index is -0.797. The standard InChI is InChI=1S/C22H21Cl2N5O3/c1-14(27-22(32)17-7-3-8-18(23)20(17)24)21(31)25-12-15-5-2-6-16(11-15)28-19(30)13-29-10-4-9-26-29/h2-11,14H,12-13H2,1H3,(H,25,31)(H,27,32)(H,28,30). The average molecular weight is 474 g/mol. The lowest BCUT2D eigenvalue weighted by atomic mass is 10.1. The normalized spacial score (nSPS) is 11.5. The SMILES string of the molecule is CC(NC(=O)c1cccc(Cl)c1Cl)C(=O)NCc1cccc(NC(=O)Cn2cccn2)c1. The van der Waals surface area contributed by atoms with Crippen molar-refractivity contribution in [1.29, 1.82) is 0 Å². The Morgan fingerprint density at radius 2 is 1.88 bits per heavy atom. The first-order valence-corrected chi connectivity index (χ1v) is 10.5. The summed E-state index contributed by atoms with van der Waals surface area (Å²) in [6.07, 6.45) is 3.30. The number of carbonyl (C=O) groups excluding carboxylic acids is 3. The number of hydrogen-bond acceptors (Lipinski definition) is 4. The summed E-state index contributed by atoms with van der Waals surface area (Å²) in [4.78, 5) is 36.9. The van der Waals surface area contributed by atoms with Gasteiger partial charge in [0.1, 0.15) is 12.6 Å². The first-order valence-electron chi connectivity index (χ1n) is 9.72. The molecule has 8 nitrogen and oxygen atoms in total. The van der Waals surface area contributed by atoms with E-state index in [-0.39, 0.29) is 40.5 Å². The summed E-state index contributed by atoms with van der Waals surface area (Å²) < 4.78 is 1.52. The van der Waals surface area contributed by atoms with Crippen LogP contribution in [-0.2, 0) is 22.7 Å². The molecule has 0 fully saturated rings. The molecule has 10 heteroatoms. The molecule has 3 aromatic rings. The van der Waals surface area contributed by atoms with E-state index in [1.807, 2.05) is 6.07 Å². The number of amides is 3. The molecule has 0 saturated carbocycles. The van der Waals surface area contributed by atoms with Gasteiger partial charge in [-0.1, -0.05) is 41.4 Å². The van der Waals surface area contributed by atoms with Crippen molar-refractivity contribution in [3.8, 4) is 0 Å². The lowest BCUT2D eigenvalue weighted by Gasteiger charge is -2.15. The van der Waals surface area contributed by atoms with Crippen LogP contribution in [0.25, 0.3) is 0 Å². The minimum Gasteiger partial charge on any atom is -0.350 e. The Balaban J connectivity index is 1.51. The average Bonchev–Trinajstić information content (AvgIpc) is 3.26. The molecule has 3 rings (SSSR count). The molecule has 0 saturated heterocycles. The summed E-state index contributed by atoms with van der Waals surface area (Å²) in [5.41, 5.74) is 1.58. The molecule has 1 unspecified atom stereocenters. The lowest BCUT2D eigenvalue weighted by Crippen LogP contribution is -2.44. The van der Waals surface area contributed by atoms with Gasteiger partial charge in [0, 0.05) is 24.6 Å². The van der Waals surface area contributed by atoms with Crippen molar-refractivity contribution in [3.05, 3.63) is 82.1 Å². The summed E-state index contributed by atoms with van der Waals surface area (Å²) >= 11 is 12.0. The third-order valence-corrected chi connectivity index (χ3v) is 5.30. The van der Waals surface area contributed by atoms with Crippen molar-refractivity contribution in [2.75, 3.05) is 5.32 Å². The third-order valence-electron chi connectivity index (χ3n) is 4.48.